The molecule has 0 bridgehead atoms. The third-order valence-corrected chi connectivity index (χ3v) is 2.96. The summed E-state index contributed by atoms with van der Waals surface area (Å²) in [5.41, 5.74) is 3.61. The van der Waals surface area contributed by atoms with Crippen LogP contribution in [0.1, 0.15) is 17.3 Å². The van der Waals surface area contributed by atoms with Crippen LogP contribution in [0.4, 0.5) is 17.1 Å². The van der Waals surface area contributed by atoms with Crippen molar-refractivity contribution in [3.63, 3.8) is 0 Å². The molecule has 98 valence electrons. The summed E-state index contributed by atoms with van der Waals surface area (Å²) in [4.78, 5) is 13.7. The van der Waals surface area contributed by atoms with Crippen molar-refractivity contribution in [1.29, 1.82) is 0 Å². The summed E-state index contributed by atoms with van der Waals surface area (Å²) in [5.74, 6) is 0.0606. The van der Waals surface area contributed by atoms with Gasteiger partial charge in [0.25, 0.3) is 0 Å². The van der Waals surface area contributed by atoms with Crippen LogP contribution in [0.2, 0.25) is 0 Å². The highest BCUT2D eigenvalue weighted by atomic mass is 16.1. The molecule has 3 nitrogen and oxygen atoms in total. The summed E-state index contributed by atoms with van der Waals surface area (Å²) in [7, 11) is 3.99. The van der Waals surface area contributed by atoms with Crippen LogP contribution in [0.5, 0.6) is 0 Å². The molecule has 2 aromatic rings. The number of anilines is 3. The van der Waals surface area contributed by atoms with Crippen LogP contribution in [0.15, 0.2) is 48.5 Å². The molecule has 0 saturated carbocycles. The first-order chi connectivity index (χ1) is 9.09. The average Bonchev–Trinajstić information content (AvgIpc) is 2.39. The monoisotopic (exact) mass is 254 g/mol. The summed E-state index contributed by atoms with van der Waals surface area (Å²) < 4.78 is 0. The Bertz CT molecular complexity index is 591. The van der Waals surface area contributed by atoms with Gasteiger partial charge in [-0.3, -0.25) is 4.79 Å². The predicted octanol–water partition coefficient (Wildman–Crippen LogP) is 3.70. The van der Waals surface area contributed by atoms with Gasteiger partial charge >= 0.3 is 0 Å². The van der Waals surface area contributed by atoms with E-state index in [1.165, 1.54) is 0 Å². The van der Waals surface area contributed by atoms with Crippen LogP contribution in [0, 0.1) is 0 Å². The second-order valence-corrected chi connectivity index (χ2v) is 4.64. The van der Waals surface area contributed by atoms with Crippen LogP contribution < -0.4 is 10.2 Å². The van der Waals surface area contributed by atoms with Crippen molar-refractivity contribution in [3.05, 3.63) is 54.1 Å². The normalized spacial score (nSPS) is 10.1. The Balaban J connectivity index is 2.39. The van der Waals surface area contributed by atoms with Gasteiger partial charge in [0, 0.05) is 25.3 Å². The smallest absolute Gasteiger partial charge is 0.161 e. The number of carbonyl (C=O) groups is 1. The molecule has 1 N–H and O–H groups in total. The van der Waals surface area contributed by atoms with E-state index in [0.717, 1.165) is 17.1 Å². The maximum atomic E-state index is 11.6. The SMILES string of the molecule is CC(=O)c1ccccc1Nc1ccccc1N(C)C. The van der Waals surface area contributed by atoms with Crippen molar-refractivity contribution in [2.75, 3.05) is 24.3 Å². The van der Waals surface area contributed by atoms with E-state index in [2.05, 4.69) is 5.32 Å². The average molecular weight is 254 g/mol. The van der Waals surface area contributed by atoms with E-state index < -0.39 is 0 Å². The van der Waals surface area contributed by atoms with E-state index in [1.807, 2.05) is 67.5 Å². The second kappa shape index (κ2) is 5.57. The molecule has 0 aromatic heterocycles. The van der Waals surface area contributed by atoms with Gasteiger partial charge in [-0.05, 0) is 31.2 Å². The zero-order valence-corrected chi connectivity index (χ0v) is 11.5. The summed E-state index contributed by atoms with van der Waals surface area (Å²) in [6.07, 6.45) is 0. The van der Waals surface area contributed by atoms with Gasteiger partial charge < -0.3 is 10.2 Å². The van der Waals surface area contributed by atoms with Crippen LogP contribution >= 0.6 is 0 Å². The lowest BCUT2D eigenvalue weighted by atomic mass is 10.1. The van der Waals surface area contributed by atoms with E-state index in [4.69, 9.17) is 0 Å². The fourth-order valence-corrected chi connectivity index (χ4v) is 2.01. The lowest BCUT2D eigenvalue weighted by Gasteiger charge is -2.19. The minimum absolute atomic E-state index is 0.0606. The first-order valence-electron chi connectivity index (χ1n) is 6.23. The third kappa shape index (κ3) is 2.94. The Kier molecular flexibility index (Phi) is 3.85. The highest BCUT2D eigenvalue weighted by Crippen LogP contribution is 2.28. The minimum Gasteiger partial charge on any atom is -0.376 e. The molecule has 0 aliphatic rings. The van der Waals surface area contributed by atoms with Gasteiger partial charge in [-0.25, -0.2) is 0 Å². The molecule has 0 amide bonds. The van der Waals surface area contributed by atoms with Gasteiger partial charge in [0.2, 0.25) is 0 Å². The Hall–Kier alpha value is -2.29. The first kappa shape index (κ1) is 13.1. The lowest BCUT2D eigenvalue weighted by Crippen LogP contribution is -2.11. The number of nitrogens with one attached hydrogen (secondary N) is 1. The molecule has 2 rings (SSSR count). The molecule has 0 saturated heterocycles. The lowest BCUT2D eigenvalue weighted by molar-refractivity contribution is 0.101. The summed E-state index contributed by atoms with van der Waals surface area (Å²) in [5, 5.41) is 3.34. The van der Waals surface area contributed by atoms with Gasteiger partial charge in [0.1, 0.15) is 0 Å². The number of Topliss-reactive ketones (excluding diaryl/α,β-unsaturated/α-hetero) is 1. The molecular formula is C16H18N2O. The highest BCUT2D eigenvalue weighted by Gasteiger charge is 2.09. The molecule has 0 aliphatic heterocycles. The van der Waals surface area contributed by atoms with Crippen LogP contribution in [0.3, 0.4) is 0 Å². The third-order valence-electron chi connectivity index (χ3n) is 2.96. The molecule has 2 aromatic carbocycles. The van der Waals surface area contributed by atoms with Crippen molar-refractivity contribution in [2.45, 2.75) is 6.92 Å². The van der Waals surface area contributed by atoms with Crippen LogP contribution in [0.25, 0.3) is 0 Å². The first-order valence-corrected chi connectivity index (χ1v) is 6.23. The zero-order chi connectivity index (χ0) is 13.8. The van der Waals surface area contributed by atoms with Crippen molar-refractivity contribution in [2.24, 2.45) is 0 Å². The summed E-state index contributed by atoms with van der Waals surface area (Å²) >= 11 is 0. The molecule has 0 atom stereocenters. The van der Waals surface area contributed by atoms with Gasteiger partial charge in [-0.15, -0.1) is 0 Å². The molecule has 0 unspecified atom stereocenters. The number of para-hydroxylation sites is 3. The predicted molar refractivity (Wildman–Crippen MR) is 80.5 cm³/mol. The maximum absolute atomic E-state index is 11.6. The number of nitrogens with zero attached hydrogens (tertiary/aromatic N) is 1. The van der Waals surface area contributed by atoms with E-state index in [9.17, 15) is 4.79 Å². The van der Waals surface area contributed by atoms with Gasteiger partial charge in [-0.1, -0.05) is 24.3 Å². The summed E-state index contributed by atoms with van der Waals surface area (Å²) in [6, 6.07) is 15.6. The van der Waals surface area contributed by atoms with E-state index in [0.29, 0.717) is 5.56 Å². The zero-order valence-electron chi connectivity index (χ0n) is 11.5. The molecule has 0 heterocycles. The van der Waals surface area contributed by atoms with Crippen molar-refractivity contribution in [3.8, 4) is 0 Å². The van der Waals surface area contributed by atoms with Crippen molar-refractivity contribution < 1.29 is 4.79 Å². The fraction of sp³-hybridized carbons (Fsp3) is 0.188. The molecular weight excluding hydrogens is 236 g/mol. The molecule has 0 spiro atoms. The molecule has 0 aliphatic carbocycles. The second-order valence-electron chi connectivity index (χ2n) is 4.64. The standard InChI is InChI=1S/C16H18N2O/c1-12(19)13-8-4-5-9-14(13)17-15-10-6-7-11-16(15)18(2)3/h4-11,17H,1-3H3. The van der Waals surface area contributed by atoms with Crippen LogP contribution in [-0.4, -0.2) is 19.9 Å². The number of hydrogen-bond acceptors (Lipinski definition) is 3. The Morgan fingerprint density at radius 2 is 1.53 bits per heavy atom. The Labute approximate surface area is 113 Å². The van der Waals surface area contributed by atoms with Gasteiger partial charge in [-0.2, -0.15) is 0 Å². The van der Waals surface area contributed by atoms with E-state index in [-0.39, 0.29) is 5.78 Å². The minimum atomic E-state index is 0.0606. The van der Waals surface area contributed by atoms with Crippen LogP contribution in [-0.2, 0) is 0 Å². The number of hydrogen-bond donors (Lipinski definition) is 1. The van der Waals surface area contributed by atoms with Gasteiger partial charge in [0.05, 0.1) is 11.4 Å². The number of carbonyl (C=O) groups excluding carboxylic acids is 1. The quantitative estimate of drug-likeness (QED) is 0.844. The molecule has 19 heavy (non-hydrogen) atoms. The largest absolute Gasteiger partial charge is 0.376 e. The fourth-order valence-electron chi connectivity index (χ4n) is 2.01. The van der Waals surface area contributed by atoms with E-state index in [1.54, 1.807) is 6.92 Å². The maximum Gasteiger partial charge on any atom is 0.161 e. The number of ketones is 1. The van der Waals surface area contributed by atoms with Crippen molar-refractivity contribution in [1.82, 2.24) is 0 Å². The highest BCUT2D eigenvalue weighted by molar-refractivity contribution is 6.00. The number of benzene rings is 2. The van der Waals surface area contributed by atoms with E-state index >= 15 is 0 Å². The molecule has 0 fully saturated rings. The Morgan fingerprint density at radius 3 is 2.16 bits per heavy atom. The van der Waals surface area contributed by atoms with Gasteiger partial charge in [0.15, 0.2) is 5.78 Å². The summed E-state index contributed by atoms with van der Waals surface area (Å²) in [6.45, 7) is 1.58. The number of rotatable bonds is 4. The van der Waals surface area contributed by atoms with Crippen molar-refractivity contribution >= 4 is 22.8 Å². The molecule has 3 heteroatoms. The topological polar surface area (TPSA) is 32.3 Å². The Morgan fingerprint density at radius 1 is 0.947 bits per heavy atom. The molecule has 0 radical (unpaired) electrons.